The van der Waals surface area contributed by atoms with Gasteiger partial charge in [0.2, 0.25) is 23.6 Å². The molecule has 3 aliphatic heterocycles. The van der Waals surface area contributed by atoms with Crippen LogP contribution in [-0.2, 0) is 29.6 Å². The monoisotopic (exact) mass is 848 g/mol. The molecule has 0 spiro atoms. The highest BCUT2D eigenvalue weighted by Gasteiger charge is 2.33. The number of nitrogens with zero attached hydrogens (tertiary/aromatic N) is 7. The number of pyridine rings is 1. The second kappa shape index (κ2) is 18.1. The van der Waals surface area contributed by atoms with Crippen LogP contribution in [-0.4, -0.2) is 96.9 Å². The number of ether oxygens (including phenoxy) is 1. The number of halogens is 2. The Morgan fingerprint density at radius 1 is 0.984 bits per heavy atom. The standard InChI is InChI=1S/C46H51F2N9O5/c1-27-7-6-18-62-45-34(24-49-55(45)4)38-22-32(19-28(2)50-38)42(59)53-46-51-37-11-9-31(23-39(37)57(46)25-27)44(61)54(3)26-29-8-5-15-56(16-13-29)17-14-30-20-35(47)41(36(48)21-30)33-10-12-40(58)52-43(33)60/h9,11,19-24,26-27,29,33H,5-8,10,12-18,25H2,1-4H3,(H-,51,52,53,58,59,60,61)/p+1/t27-,29?,33-/m1/s1. The SMILES string of the molecule is Cc1cc2cc(n1)-c1cnn(C)c1OCCC[C@@H](C)Cn1c(nc3ccc(C(=O)[N+](C)=CC4CCCN(CCc5cc(F)c([C@H]6CCC(=O)NC6=O)c(F)c5)CC4)cc31)NC2=O. The average Bonchev–Trinajstić information content (AvgIpc) is 3.67. The Balaban J connectivity index is 0.949. The van der Waals surface area contributed by atoms with Gasteiger partial charge in [-0.15, -0.1) is 0 Å². The van der Waals surface area contributed by atoms with Crippen LogP contribution in [0.3, 0.4) is 0 Å². The molecular weight excluding hydrogens is 797 g/mol. The fourth-order valence-corrected chi connectivity index (χ4v) is 8.94. The molecule has 14 nitrogen and oxygen atoms in total. The van der Waals surface area contributed by atoms with Gasteiger partial charge in [0.15, 0.2) is 6.21 Å². The Morgan fingerprint density at radius 2 is 1.79 bits per heavy atom. The predicted octanol–water partition coefficient (Wildman–Crippen LogP) is 6.20. The molecule has 3 atom stereocenters. The molecule has 5 aromatic rings. The first kappa shape index (κ1) is 42.5. The van der Waals surface area contributed by atoms with Gasteiger partial charge < -0.3 is 14.2 Å². The van der Waals surface area contributed by atoms with Gasteiger partial charge >= 0.3 is 5.91 Å². The summed E-state index contributed by atoms with van der Waals surface area (Å²) in [5.41, 5.74) is 4.51. The van der Waals surface area contributed by atoms with Gasteiger partial charge in [-0.3, -0.25) is 30.0 Å². The minimum absolute atomic E-state index is 0.0421. The largest absolute Gasteiger partial charge is 0.477 e. The molecule has 324 valence electrons. The number of nitrogens with one attached hydrogen (secondary N) is 2. The smallest absolute Gasteiger partial charge is 0.418 e. The molecule has 8 rings (SSSR count). The highest BCUT2D eigenvalue weighted by Crippen LogP contribution is 2.32. The Kier molecular flexibility index (Phi) is 12.4. The number of imide groups is 1. The summed E-state index contributed by atoms with van der Waals surface area (Å²) < 4.78 is 41.8. The topological polar surface area (TPSA) is 156 Å². The van der Waals surface area contributed by atoms with Crippen LogP contribution < -0.4 is 15.4 Å². The van der Waals surface area contributed by atoms with Crippen molar-refractivity contribution >= 4 is 46.8 Å². The van der Waals surface area contributed by atoms with Crippen molar-refractivity contribution in [1.82, 2.24) is 34.5 Å². The Morgan fingerprint density at radius 3 is 2.58 bits per heavy atom. The third-order valence-corrected chi connectivity index (χ3v) is 12.2. The summed E-state index contributed by atoms with van der Waals surface area (Å²) in [5, 5.41) is 9.61. The van der Waals surface area contributed by atoms with Gasteiger partial charge in [-0.2, -0.15) is 9.67 Å². The lowest BCUT2D eigenvalue weighted by molar-refractivity contribution is -0.391. The summed E-state index contributed by atoms with van der Waals surface area (Å²) in [4.78, 5) is 63.4. The number of aromatic nitrogens is 5. The van der Waals surface area contributed by atoms with Crippen LogP contribution in [0.1, 0.15) is 95.3 Å². The van der Waals surface area contributed by atoms with Crippen LogP contribution in [0.5, 0.6) is 5.88 Å². The van der Waals surface area contributed by atoms with E-state index in [0.717, 1.165) is 50.7 Å². The minimum atomic E-state index is -1.03. The lowest BCUT2D eigenvalue weighted by atomic mass is 9.89. The summed E-state index contributed by atoms with van der Waals surface area (Å²) in [6.07, 6.45) is 8.48. The third-order valence-electron chi connectivity index (χ3n) is 12.2. The Labute approximate surface area is 358 Å². The lowest BCUT2D eigenvalue weighted by Crippen LogP contribution is -2.40. The summed E-state index contributed by atoms with van der Waals surface area (Å²) in [6.45, 7) is 7.21. The fraction of sp³-hybridized carbons (Fsp3) is 0.435. The Hall–Kier alpha value is -6.16. The van der Waals surface area contributed by atoms with Crippen LogP contribution in [0.4, 0.5) is 14.7 Å². The molecule has 16 heteroatoms. The van der Waals surface area contributed by atoms with Crippen LogP contribution >= 0.6 is 0 Å². The van der Waals surface area contributed by atoms with Crippen molar-refractivity contribution in [1.29, 1.82) is 0 Å². The first-order valence-corrected chi connectivity index (χ1v) is 21.4. The second-order valence-electron chi connectivity index (χ2n) is 17.0. The zero-order valence-electron chi connectivity index (χ0n) is 35.5. The maximum atomic E-state index is 15.1. The zero-order chi connectivity index (χ0) is 43.7. The number of imidazole rings is 1. The van der Waals surface area contributed by atoms with Crippen LogP contribution in [0.25, 0.3) is 22.3 Å². The molecule has 2 aromatic carbocycles. The summed E-state index contributed by atoms with van der Waals surface area (Å²) in [7, 11) is 3.59. The van der Waals surface area contributed by atoms with E-state index in [1.165, 1.54) is 12.1 Å². The molecule has 4 amide bonds. The van der Waals surface area contributed by atoms with Crippen molar-refractivity contribution in [3.05, 3.63) is 88.2 Å². The zero-order valence-corrected chi connectivity index (χ0v) is 35.5. The summed E-state index contributed by atoms with van der Waals surface area (Å²) in [5.74, 6) is -2.84. The molecule has 1 unspecified atom stereocenters. The van der Waals surface area contributed by atoms with Crippen molar-refractivity contribution in [3.8, 4) is 17.1 Å². The molecule has 2 bridgehead atoms. The molecule has 2 fully saturated rings. The molecule has 2 saturated heterocycles. The third kappa shape index (κ3) is 9.20. The number of hydrogen-bond acceptors (Lipinski definition) is 9. The molecule has 2 N–H and O–H groups in total. The molecule has 3 aromatic heterocycles. The molecular formula is C46H52F2N9O5+. The lowest BCUT2D eigenvalue weighted by Gasteiger charge is -2.23. The van der Waals surface area contributed by atoms with E-state index in [9.17, 15) is 19.2 Å². The number of piperidine rings is 1. The van der Waals surface area contributed by atoms with Gasteiger partial charge in [-0.1, -0.05) is 6.92 Å². The molecule has 0 aliphatic carbocycles. The quantitative estimate of drug-likeness (QED) is 0.116. The second-order valence-corrected chi connectivity index (χ2v) is 17.0. The number of fused-ring (bicyclic) bond motifs is 7. The van der Waals surface area contributed by atoms with Crippen molar-refractivity contribution in [2.75, 3.05) is 38.6 Å². The maximum absolute atomic E-state index is 15.1. The van der Waals surface area contributed by atoms with E-state index < -0.39 is 29.4 Å². The van der Waals surface area contributed by atoms with Crippen LogP contribution in [0.2, 0.25) is 0 Å². The normalized spacial score (nSPS) is 20.6. The first-order chi connectivity index (χ1) is 29.8. The van der Waals surface area contributed by atoms with Crippen molar-refractivity contribution in [2.45, 2.75) is 77.7 Å². The number of carbonyl (C=O) groups excluding carboxylic acids is 4. The maximum Gasteiger partial charge on any atom is 0.418 e. The first-order valence-electron chi connectivity index (χ1n) is 21.4. The van der Waals surface area contributed by atoms with E-state index in [4.69, 9.17) is 9.72 Å². The van der Waals surface area contributed by atoms with Crippen LogP contribution in [0.15, 0.2) is 48.7 Å². The number of rotatable bonds is 6. The molecule has 62 heavy (non-hydrogen) atoms. The average molecular weight is 849 g/mol. The number of likely N-dealkylation sites (tertiary alicyclic amines) is 1. The predicted molar refractivity (Wildman–Crippen MR) is 228 cm³/mol. The van der Waals surface area contributed by atoms with E-state index in [1.807, 2.05) is 36.9 Å². The number of aryl methyl sites for hydroxylation is 2. The van der Waals surface area contributed by atoms with E-state index in [2.05, 4.69) is 32.5 Å². The van der Waals surface area contributed by atoms with Crippen molar-refractivity contribution in [3.63, 3.8) is 0 Å². The van der Waals surface area contributed by atoms with E-state index >= 15 is 8.78 Å². The Bertz CT molecular complexity index is 2580. The van der Waals surface area contributed by atoms with E-state index in [1.54, 1.807) is 40.7 Å². The number of benzene rings is 2. The summed E-state index contributed by atoms with van der Waals surface area (Å²) in [6, 6.07) is 11.5. The van der Waals surface area contributed by atoms with Crippen LogP contribution in [0, 0.1) is 30.4 Å². The minimum Gasteiger partial charge on any atom is -0.477 e. The van der Waals surface area contributed by atoms with Gasteiger partial charge in [-0.25, -0.2) is 23.2 Å². The van der Waals surface area contributed by atoms with Gasteiger partial charge in [0.25, 0.3) is 5.91 Å². The number of amides is 4. The van der Waals surface area contributed by atoms with Gasteiger partial charge in [0.1, 0.15) is 18.7 Å². The number of hydrogen-bond donors (Lipinski definition) is 2. The highest BCUT2D eigenvalue weighted by molar-refractivity contribution is 6.05. The molecule has 0 saturated carbocycles. The van der Waals surface area contributed by atoms with E-state index in [0.29, 0.717) is 77.1 Å². The molecule has 3 aliphatic rings. The highest BCUT2D eigenvalue weighted by atomic mass is 19.1. The molecule has 0 radical (unpaired) electrons. The van der Waals surface area contributed by atoms with Crippen molar-refractivity contribution < 1.29 is 37.3 Å². The van der Waals surface area contributed by atoms with Gasteiger partial charge in [0, 0.05) is 49.3 Å². The summed E-state index contributed by atoms with van der Waals surface area (Å²) >= 11 is 0. The van der Waals surface area contributed by atoms with Gasteiger partial charge in [-0.05, 0) is 119 Å². The van der Waals surface area contributed by atoms with E-state index in [-0.39, 0.29) is 42.1 Å². The van der Waals surface area contributed by atoms with Gasteiger partial charge in [0.05, 0.1) is 46.6 Å². The molecule has 6 heterocycles. The number of carbonyl (C=O) groups is 4. The van der Waals surface area contributed by atoms with Crippen molar-refractivity contribution in [2.24, 2.45) is 18.9 Å². The number of anilines is 1. The fourth-order valence-electron chi connectivity index (χ4n) is 8.94.